The lowest BCUT2D eigenvalue weighted by Crippen LogP contribution is -2.07. The highest BCUT2D eigenvalue weighted by atomic mass is 16.5. The van der Waals surface area contributed by atoms with Gasteiger partial charge in [0.1, 0.15) is 0 Å². The first-order valence-electron chi connectivity index (χ1n) is 6.02. The number of imidazole rings is 1. The number of carboxylic acids is 2. The number of hydrogen-bond donors (Lipinski definition) is 2. The monoisotopic (exact) mass is 278 g/mol. The molecule has 0 spiro atoms. The number of aryl methyl sites for hydroxylation is 1. The second-order valence-electron chi connectivity index (χ2n) is 4.27. The SMILES string of the molecule is Cc1nc2c(OCCC(=O)O)cccn2c1CC(=O)O. The Morgan fingerprint density at radius 3 is 2.75 bits per heavy atom. The summed E-state index contributed by atoms with van der Waals surface area (Å²) in [7, 11) is 0. The normalized spacial score (nSPS) is 10.7. The van der Waals surface area contributed by atoms with E-state index in [-0.39, 0.29) is 19.4 Å². The number of hydrogen-bond acceptors (Lipinski definition) is 4. The molecule has 2 aromatic rings. The van der Waals surface area contributed by atoms with Crippen LogP contribution in [0.3, 0.4) is 0 Å². The standard InChI is InChI=1S/C13H14N2O5/c1-8-9(7-12(18)19)15-5-2-3-10(13(15)14-8)20-6-4-11(16)17/h2-3,5H,4,6-7H2,1H3,(H,16,17)(H,18,19). The Morgan fingerprint density at radius 2 is 2.10 bits per heavy atom. The summed E-state index contributed by atoms with van der Waals surface area (Å²) in [5.41, 5.74) is 1.68. The molecule has 0 aliphatic carbocycles. The molecule has 7 nitrogen and oxygen atoms in total. The van der Waals surface area contributed by atoms with Crippen LogP contribution in [0.25, 0.3) is 5.65 Å². The van der Waals surface area contributed by atoms with Gasteiger partial charge in [-0.15, -0.1) is 0 Å². The fourth-order valence-corrected chi connectivity index (χ4v) is 1.92. The lowest BCUT2D eigenvalue weighted by Gasteiger charge is -2.06. The van der Waals surface area contributed by atoms with E-state index >= 15 is 0 Å². The minimum atomic E-state index is -0.942. The number of ether oxygens (including phenoxy) is 1. The predicted molar refractivity (Wildman–Crippen MR) is 69.0 cm³/mol. The van der Waals surface area contributed by atoms with Gasteiger partial charge in [-0.3, -0.25) is 9.59 Å². The first-order valence-corrected chi connectivity index (χ1v) is 6.02. The zero-order chi connectivity index (χ0) is 14.7. The maximum absolute atomic E-state index is 10.9. The third-order valence-corrected chi connectivity index (χ3v) is 2.81. The van der Waals surface area contributed by atoms with E-state index in [1.807, 2.05) is 0 Å². The van der Waals surface area contributed by atoms with Gasteiger partial charge in [0.25, 0.3) is 0 Å². The Hall–Kier alpha value is -2.57. The average Bonchev–Trinajstić information content (AvgIpc) is 2.66. The molecule has 2 aromatic heterocycles. The number of fused-ring (bicyclic) bond motifs is 1. The van der Waals surface area contributed by atoms with Crippen molar-refractivity contribution in [2.75, 3.05) is 6.61 Å². The fourth-order valence-electron chi connectivity index (χ4n) is 1.92. The van der Waals surface area contributed by atoms with Crippen molar-refractivity contribution in [3.05, 3.63) is 29.7 Å². The number of carbonyl (C=O) groups is 2. The van der Waals surface area contributed by atoms with Crippen molar-refractivity contribution in [2.24, 2.45) is 0 Å². The molecule has 0 amide bonds. The average molecular weight is 278 g/mol. The van der Waals surface area contributed by atoms with E-state index in [1.54, 1.807) is 29.7 Å². The molecule has 20 heavy (non-hydrogen) atoms. The first-order chi connectivity index (χ1) is 9.49. The van der Waals surface area contributed by atoms with Gasteiger partial charge in [0, 0.05) is 6.20 Å². The van der Waals surface area contributed by atoms with Gasteiger partial charge in [0.15, 0.2) is 11.4 Å². The van der Waals surface area contributed by atoms with Gasteiger partial charge in [0.2, 0.25) is 0 Å². The van der Waals surface area contributed by atoms with Gasteiger partial charge in [-0.25, -0.2) is 4.98 Å². The van der Waals surface area contributed by atoms with Crippen LogP contribution >= 0.6 is 0 Å². The number of aromatic nitrogens is 2. The topological polar surface area (TPSA) is 101 Å². The minimum Gasteiger partial charge on any atom is -0.489 e. The lowest BCUT2D eigenvalue weighted by molar-refractivity contribution is -0.138. The summed E-state index contributed by atoms with van der Waals surface area (Å²) in [5, 5.41) is 17.5. The molecule has 0 radical (unpaired) electrons. The van der Waals surface area contributed by atoms with E-state index in [2.05, 4.69) is 4.98 Å². The Balaban J connectivity index is 2.33. The van der Waals surface area contributed by atoms with Gasteiger partial charge >= 0.3 is 11.9 Å². The molecule has 106 valence electrons. The van der Waals surface area contributed by atoms with Crippen LogP contribution in [0.1, 0.15) is 17.8 Å². The molecule has 0 aliphatic heterocycles. The Kier molecular flexibility index (Phi) is 3.88. The molecule has 0 atom stereocenters. The molecular formula is C13H14N2O5. The third-order valence-electron chi connectivity index (χ3n) is 2.81. The Labute approximate surface area is 114 Å². The summed E-state index contributed by atoms with van der Waals surface area (Å²) >= 11 is 0. The fraction of sp³-hybridized carbons (Fsp3) is 0.308. The molecule has 0 saturated carbocycles. The third kappa shape index (κ3) is 2.87. The van der Waals surface area contributed by atoms with E-state index in [1.165, 1.54) is 0 Å². The number of pyridine rings is 1. The molecule has 2 heterocycles. The number of rotatable bonds is 6. The van der Waals surface area contributed by atoms with Crippen LogP contribution in [0, 0.1) is 6.92 Å². The molecule has 2 rings (SSSR count). The van der Waals surface area contributed by atoms with Gasteiger partial charge in [0.05, 0.1) is 30.8 Å². The summed E-state index contributed by atoms with van der Waals surface area (Å²) < 4.78 is 7.04. The second kappa shape index (κ2) is 5.60. The summed E-state index contributed by atoms with van der Waals surface area (Å²) in [6.45, 7) is 1.77. The van der Waals surface area contributed by atoms with Gasteiger partial charge in [-0.1, -0.05) is 0 Å². The lowest BCUT2D eigenvalue weighted by atomic mass is 10.2. The highest BCUT2D eigenvalue weighted by molar-refractivity contribution is 5.71. The molecule has 2 N–H and O–H groups in total. The van der Waals surface area contributed by atoms with E-state index in [0.717, 1.165) is 0 Å². The van der Waals surface area contributed by atoms with Crippen molar-refractivity contribution in [3.8, 4) is 5.75 Å². The largest absolute Gasteiger partial charge is 0.489 e. The molecule has 0 aliphatic rings. The molecule has 0 aromatic carbocycles. The molecular weight excluding hydrogens is 264 g/mol. The van der Waals surface area contributed by atoms with Crippen LogP contribution in [0.15, 0.2) is 18.3 Å². The van der Waals surface area contributed by atoms with Crippen molar-refractivity contribution in [1.29, 1.82) is 0 Å². The maximum Gasteiger partial charge on any atom is 0.309 e. The van der Waals surface area contributed by atoms with Crippen molar-refractivity contribution >= 4 is 17.6 Å². The highest BCUT2D eigenvalue weighted by Crippen LogP contribution is 2.22. The van der Waals surface area contributed by atoms with Gasteiger partial charge in [-0.2, -0.15) is 0 Å². The summed E-state index contributed by atoms with van der Waals surface area (Å²) in [6, 6.07) is 3.38. The van der Waals surface area contributed by atoms with Crippen LogP contribution < -0.4 is 4.74 Å². The van der Waals surface area contributed by atoms with Crippen molar-refractivity contribution in [3.63, 3.8) is 0 Å². The van der Waals surface area contributed by atoms with E-state index in [9.17, 15) is 9.59 Å². The Bertz CT molecular complexity index is 662. The zero-order valence-corrected chi connectivity index (χ0v) is 10.9. The molecule has 0 bridgehead atoms. The van der Waals surface area contributed by atoms with Crippen LogP contribution in [-0.2, 0) is 16.0 Å². The van der Waals surface area contributed by atoms with Crippen LogP contribution in [0.2, 0.25) is 0 Å². The van der Waals surface area contributed by atoms with Crippen molar-refractivity contribution in [2.45, 2.75) is 19.8 Å². The maximum atomic E-state index is 10.9. The van der Waals surface area contributed by atoms with E-state index < -0.39 is 11.9 Å². The first kappa shape index (κ1) is 13.9. The number of nitrogens with zero attached hydrogens (tertiary/aromatic N) is 2. The number of aliphatic carboxylic acids is 2. The Morgan fingerprint density at radius 1 is 1.35 bits per heavy atom. The zero-order valence-electron chi connectivity index (χ0n) is 10.9. The summed E-state index contributed by atoms with van der Waals surface area (Å²) in [6.07, 6.45) is 1.46. The van der Waals surface area contributed by atoms with E-state index in [4.69, 9.17) is 14.9 Å². The molecule has 0 saturated heterocycles. The van der Waals surface area contributed by atoms with Crippen LogP contribution in [0.5, 0.6) is 5.75 Å². The predicted octanol–water partition coefficient (Wildman–Crippen LogP) is 1.12. The minimum absolute atomic E-state index is 0.0369. The highest BCUT2D eigenvalue weighted by Gasteiger charge is 2.15. The van der Waals surface area contributed by atoms with Gasteiger partial charge in [-0.05, 0) is 19.1 Å². The molecule has 0 unspecified atom stereocenters. The van der Waals surface area contributed by atoms with Gasteiger partial charge < -0.3 is 19.4 Å². The molecule has 0 fully saturated rings. The smallest absolute Gasteiger partial charge is 0.309 e. The molecule has 7 heteroatoms. The quantitative estimate of drug-likeness (QED) is 0.821. The van der Waals surface area contributed by atoms with Crippen molar-refractivity contribution < 1.29 is 24.5 Å². The number of carboxylic acid groups (broad SMARTS) is 2. The van der Waals surface area contributed by atoms with Crippen molar-refractivity contribution in [1.82, 2.24) is 9.38 Å². The van der Waals surface area contributed by atoms with Crippen LogP contribution in [-0.4, -0.2) is 38.1 Å². The van der Waals surface area contributed by atoms with Crippen LogP contribution in [0.4, 0.5) is 0 Å². The second-order valence-corrected chi connectivity index (χ2v) is 4.27. The summed E-state index contributed by atoms with van der Waals surface area (Å²) in [5.74, 6) is -1.44. The van der Waals surface area contributed by atoms with E-state index in [0.29, 0.717) is 22.8 Å². The summed E-state index contributed by atoms with van der Waals surface area (Å²) in [4.78, 5) is 25.6.